The molecule has 0 unspecified atom stereocenters. The maximum absolute atomic E-state index is 13.1. The van der Waals surface area contributed by atoms with Gasteiger partial charge in [-0.1, -0.05) is 32.0 Å². The maximum atomic E-state index is 13.1. The predicted octanol–water partition coefficient (Wildman–Crippen LogP) is 4.18. The van der Waals surface area contributed by atoms with Crippen LogP contribution in [0, 0.1) is 11.2 Å². The quantitative estimate of drug-likeness (QED) is 0.674. The van der Waals surface area contributed by atoms with Gasteiger partial charge in [0.1, 0.15) is 11.6 Å². The van der Waals surface area contributed by atoms with E-state index in [0.29, 0.717) is 17.4 Å². The monoisotopic (exact) mass is 322 g/mol. The second-order valence-corrected chi connectivity index (χ2v) is 7.32. The Hall–Kier alpha value is -2.49. The summed E-state index contributed by atoms with van der Waals surface area (Å²) in [5.74, 6) is 0.607. The van der Waals surface area contributed by atoms with Crippen molar-refractivity contribution in [1.82, 2.24) is 9.55 Å². The summed E-state index contributed by atoms with van der Waals surface area (Å²) in [5, 5.41) is 0.641. The average Bonchev–Trinajstić information content (AvgIpc) is 2.56. The van der Waals surface area contributed by atoms with Crippen LogP contribution in [0.25, 0.3) is 22.0 Å². The molecule has 4 heteroatoms. The summed E-state index contributed by atoms with van der Waals surface area (Å²) in [6.07, 6.45) is 1.85. The summed E-state index contributed by atoms with van der Waals surface area (Å²) in [6, 6.07) is 12.0. The molecule has 0 bridgehead atoms. The molecule has 1 aliphatic heterocycles. The Balaban J connectivity index is 1.87. The minimum absolute atomic E-state index is 0.0356. The van der Waals surface area contributed by atoms with Crippen molar-refractivity contribution in [3.05, 3.63) is 64.5 Å². The molecule has 24 heavy (non-hydrogen) atoms. The fourth-order valence-corrected chi connectivity index (χ4v) is 3.40. The van der Waals surface area contributed by atoms with Crippen LogP contribution in [0.1, 0.15) is 26.1 Å². The Morgan fingerprint density at radius 2 is 1.79 bits per heavy atom. The molecule has 2 heterocycles. The van der Waals surface area contributed by atoms with Crippen molar-refractivity contribution < 1.29 is 4.39 Å². The van der Waals surface area contributed by atoms with E-state index in [4.69, 9.17) is 4.98 Å². The number of hydrogen-bond acceptors (Lipinski definition) is 2. The van der Waals surface area contributed by atoms with Crippen LogP contribution >= 0.6 is 0 Å². The van der Waals surface area contributed by atoms with Crippen molar-refractivity contribution in [1.29, 1.82) is 0 Å². The number of benzene rings is 2. The van der Waals surface area contributed by atoms with Gasteiger partial charge in [0.2, 0.25) is 0 Å². The lowest BCUT2D eigenvalue weighted by molar-refractivity contribution is 0.240. The zero-order valence-electron chi connectivity index (χ0n) is 13.8. The molecule has 3 nitrogen and oxygen atoms in total. The van der Waals surface area contributed by atoms with E-state index in [0.717, 1.165) is 29.8 Å². The minimum atomic E-state index is -0.257. The maximum Gasteiger partial charge on any atom is 0.261 e. The van der Waals surface area contributed by atoms with Crippen LogP contribution in [0.15, 0.2) is 47.3 Å². The molecular weight excluding hydrogens is 303 g/mol. The Labute approximate surface area is 139 Å². The lowest BCUT2D eigenvalue weighted by Crippen LogP contribution is -2.36. The van der Waals surface area contributed by atoms with Gasteiger partial charge in [-0.25, -0.2) is 9.37 Å². The van der Waals surface area contributed by atoms with Gasteiger partial charge in [0.15, 0.2) is 0 Å². The summed E-state index contributed by atoms with van der Waals surface area (Å²) in [5.41, 5.74) is 2.73. The van der Waals surface area contributed by atoms with E-state index in [1.807, 2.05) is 22.8 Å². The highest BCUT2D eigenvalue weighted by molar-refractivity contribution is 5.83. The Kier molecular flexibility index (Phi) is 3.30. The smallest absolute Gasteiger partial charge is 0.261 e. The minimum Gasteiger partial charge on any atom is -0.296 e. The number of hydrogen-bond donors (Lipinski definition) is 0. The highest BCUT2D eigenvalue weighted by atomic mass is 19.1. The standard InChI is InChI=1S/C20H19FN2O/c1-20(2)10-9-18-22-17-11-14(13-3-6-15(21)7-4-13)5-8-16(17)19(24)23(18)12-20/h3-8,11H,9-10,12H2,1-2H3. The summed E-state index contributed by atoms with van der Waals surface area (Å²) in [6.45, 7) is 5.08. The van der Waals surface area contributed by atoms with E-state index in [-0.39, 0.29) is 16.8 Å². The van der Waals surface area contributed by atoms with Crippen LogP contribution in [0.3, 0.4) is 0 Å². The van der Waals surface area contributed by atoms with E-state index in [9.17, 15) is 9.18 Å². The van der Waals surface area contributed by atoms with Crippen LogP contribution in [0.5, 0.6) is 0 Å². The van der Waals surface area contributed by atoms with Crippen molar-refractivity contribution >= 4 is 10.9 Å². The molecule has 0 N–H and O–H groups in total. The van der Waals surface area contributed by atoms with Crippen LogP contribution in [-0.2, 0) is 13.0 Å². The molecule has 122 valence electrons. The molecule has 4 rings (SSSR count). The van der Waals surface area contributed by atoms with E-state index in [2.05, 4.69) is 13.8 Å². The Bertz CT molecular complexity index is 987. The van der Waals surface area contributed by atoms with Gasteiger partial charge in [-0.15, -0.1) is 0 Å². The van der Waals surface area contributed by atoms with Gasteiger partial charge in [-0.3, -0.25) is 9.36 Å². The second-order valence-electron chi connectivity index (χ2n) is 7.32. The summed E-state index contributed by atoms with van der Waals surface area (Å²) in [4.78, 5) is 17.6. The summed E-state index contributed by atoms with van der Waals surface area (Å²) < 4.78 is 14.9. The topological polar surface area (TPSA) is 34.9 Å². The third kappa shape index (κ3) is 2.52. The van der Waals surface area contributed by atoms with Gasteiger partial charge in [0.05, 0.1) is 10.9 Å². The molecule has 0 atom stereocenters. The van der Waals surface area contributed by atoms with Crippen LogP contribution < -0.4 is 5.56 Å². The fourth-order valence-electron chi connectivity index (χ4n) is 3.40. The highest BCUT2D eigenvalue weighted by Crippen LogP contribution is 2.30. The molecule has 1 aromatic heterocycles. The molecule has 0 fully saturated rings. The summed E-state index contributed by atoms with van der Waals surface area (Å²) in [7, 11) is 0. The first kappa shape index (κ1) is 15.1. The molecule has 3 aromatic rings. The van der Waals surface area contributed by atoms with Crippen molar-refractivity contribution in [2.45, 2.75) is 33.2 Å². The Morgan fingerprint density at radius 3 is 2.54 bits per heavy atom. The van der Waals surface area contributed by atoms with E-state index in [1.165, 1.54) is 12.1 Å². The first-order valence-corrected chi connectivity index (χ1v) is 8.22. The molecule has 2 aromatic carbocycles. The van der Waals surface area contributed by atoms with Gasteiger partial charge in [0.25, 0.3) is 5.56 Å². The van der Waals surface area contributed by atoms with Gasteiger partial charge >= 0.3 is 0 Å². The van der Waals surface area contributed by atoms with E-state index < -0.39 is 0 Å². The highest BCUT2D eigenvalue weighted by Gasteiger charge is 2.27. The van der Waals surface area contributed by atoms with Gasteiger partial charge in [-0.2, -0.15) is 0 Å². The first-order valence-electron chi connectivity index (χ1n) is 8.22. The molecule has 0 saturated carbocycles. The first-order chi connectivity index (χ1) is 11.4. The SMILES string of the molecule is CC1(C)CCc2nc3cc(-c4ccc(F)cc4)ccc3c(=O)n2C1. The zero-order chi connectivity index (χ0) is 16.9. The van der Waals surface area contributed by atoms with Gasteiger partial charge < -0.3 is 0 Å². The molecule has 0 amide bonds. The normalized spacial score (nSPS) is 16.1. The van der Waals surface area contributed by atoms with Crippen molar-refractivity contribution in [2.75, 3.05) is 0 Å². The predicted molar refractivity (Wildman–Crippen MR) is 93.5 cm³/mol. The number of halogens is 1. The van der Waals surface area contributed by atoms with Crippen LogP contribution in [0.2, 0.25) is 0 Å². The molecule has 1 aliphatic rings. The van der Waals surface area contributed by atoms with E-state index >= 15 is 0 Å². The van der Waals surface area contributed by atoms with Gasteiger partial charge in [0, 0.05) is 13.0 Å². The average molecular weight is 322 g/mol. The van der Waals surface area contributed by atoms with Crippen molar-refractivity contribution in [3.8, 4) is 11.1 Å². The zero-order valence-corrected chi connectivity index (χ0v) is 13.8. The number of aromatic nitrogens is 2. The molecule has 0 radical (unpaired) electrons. The number of rotatable bonds is 1. The molecule has 0 spiro atoms. The van der Waals surface area contributed by atoms with Crippen LogP contribution in [-0.4, -0.2) is 9.55 Å². The third-order valence-electron chi connectivity index (χ3n) is 4.82. The number of nitrogens with zero attached hydrogens (tertiary/aromatic N) is 2. The number of fused-ring (bicyclic) bond motifs is 2. The summed E-state index contributed by atoms with van der Waals surface area (Å²) >= 11 is 0. The lowest BCUT2D eigenvalue weighted by atomic mass is 9.85. The second kappa shape index (κ2) is 5.26. The van der Waals surface area contributed by atoms with Crippen molar-refractivity contribution in [3.63, 3.8) is 0 Å². The van der Waals surface area contributed by atoms with Gasteiger partial charge in [-0.05, 0) is 47.2 Å². The Morgan fingerprint density at radius 1 is 1.08 bits per heavy atom. The number of aryl methyl sites for hydroxylation is 1. The van der Waals surface area contributed by atoms with E-state index in [1.54, 1.807) is 12.1 Å². The lowest BCUT2D eigenvalue weighted by Gasteiger charge is -2.31. The fraction of sp³-hybridized carbons (Fsp3) is 0.300. The molecule has 0 saturated heterocycles. The molecular formula is C20H19FN2O. The molecule has 0 aliphatic carbocycles. The van der Waals surface area contributed by atoms with Crippen molar-refractivity contribution in [2.24, 2.45) is 5.41 Å². The third-order valence-corrected chi connectivity index (χ3v) is 4.82. The van der Waals surface area contributed by atoms with Crippen LogP contribution in [0.4, 0.5) is 4.39 Å². The largest absolute Gasteiger partial charge is 0.296 e.